The highest BCUT2D eigenvalue weighted by atomic mass is 19.1. The van der Waals surface area contributed by atoms with E-state index in [1.807, 2.05) is 24.0 Å². The molecule has 27 heavy (non-hydrogen) atoms. The van der Waals surface area contributed by atoms with Crippen molar-refractivity contribution in [1.82, 2.24) is 10.2 Å². The van der Waals surface area contributed by atoms with Crippen molar-refractivity contribution in [2.24, 2.45) is 0 Å². The molecule has 1 saturated heterocycles. The number of urea groups is 1. The summed E-state index contributed by atoms with van der Waals surface area (Å²) in [5, 5.41) is 5.57. The van der Waals surface area contributed by atoms with Crippen molar-refractivity contribution < 1.29 is 14.0 Å². The molecule has 0 spiro atoms. The van der Waals surface area contributed by atoms with E-state index in [0.717, 1.165) is 37.1 Å². The molecule has 2 aromatic carbocycles. The summed E-state index contributed by atoms with van der Waals surface area (Å²) in [4.78, 5) is 26.9. The fraction of sp³-hybridized carbons (Fsp3) is 0.333. The second-order valence-corrected chi connectivity index (χ2v) is 6.75. The van der Waals surface area contributed by atoms with Gasteiger partial charge < -0.3 is 15.5 Å². The minimum absolute atomic E-state index is 0.0350. The Morgan fingerprint density at radius 1 is 1.07 bits per heavy atom. The minimum Gasteiger partial charge on any atom is -0.339 e. The van der Waals surface area contributed by atoms with Gasteiger partial charge in [0.15, 0.2) is 0 Å². The molecular formula is C21H24FN3O2. The molecule has 0 atom stereocenters. The fourth-order valence-corrected chi connectivity index (χ4v) is 3.27. The van der Waals surface area contributed by atoms with Gasteiger partial charge in [-0.1, -0.05) is 24.3 Å². The highest BCUT2D eigenvalue weighted by Gasteiger charge is 2.23. The Morgan fingerprint density at radius 2 is 1.78 bits per heavy atom. The average molecular weight is 369 g/mol. The van der Waals surface area contributed by atoms with E-state index in [0.29, 0.717) is 24.2 Å². The Morgan fingerprint density at radius 3 is 2.48 bits per heavy atom. The average Bonchev–Trinajstić information content (AvgIpc) is 3.18. The van der Waals surface area contributed by atoms with Crippen LogP contribution in [0.25, 0.3) is 0 Å². The molecule has 0 bridgehead atoms. The lowest BCUT2D eigenvalue weighted by molar-refractivity contribution is 0.0793. The van der Waals surface area contributed by atoms with Crippen LogP contribution in [-0.4, -0.2) is 36.5 Å². The van der Waals surface area contributed by atoms with E-state index in [9.17, 15) is 14.0 Å². The van der Waals surface area contributed by atoms with Crippen LogP contribution < -0.4 is 10.6 Å². The third-order valence-electron chi connectivity index (χ3n) is 4.74. The number of benzene rings is 2. The van der Waals surface area contributed by atoms with Gasteiger partial charge >= 0.3 is 6.03 Å². The van der Waals surface area contributed by atoms with E-state index in [2.05, 4.69) is 10.6 Å². The molecule has 0 aliphatic carbocycles. The van der Waals surface area contributed by atoms with Crippen molar-refractivity contribution >= 4 is 17.6 Å². The van der Waals surface area contributed by atoms with Crippen molar-refractivity contribution in [1.29, 1.82) is 0 Å². The predicted molar refractivity (Wildman–Crippen MR) is 103 cm³/mol. The monoisotopic (exact) mass is 369 g/mol. The van der Waals surface area contributed by atoms with Gasteiger partial charge in [-0.15, -0.1) is 0 Å². The predicted octanol–water partition coefficient (Wildman–Crippen LogP) is 3.73. The van der Waals surface area contributed by atoms with Gasteiger partial charge in [0.1, 0.15) is 5.82 Å². The Labute approximate surface area is 158 Å². The topological polar surface area (TPSA) is 61.4 Å². The van der Waals surface area contributed by atoms with E-state index in [1.54, 1.807) is 18.2 Å². The number of rotatable bonds is 5. The molecule has 6 heteroatoms. The Kier molecular flexibility index (Phi) is 6.06. The first-order valence-electron chi connectivity index (χ1n) is 9.23. The van der Waals surface area contributed by atoms with E-state index in [1.165, 1.54) is 12.1 Å². The van der Waals surface area contributed by atoms with E-state index in [4.69, 9.17) is 0 Å². The van der Waals surface area contributed by atoms with Gasteiger partial charge in [0, 0.05) is 19.6 Å². The first-order chi connectivity index (χ1) is 13.0. The summed E-state index contributed by atoms with van der Waals surface area (Å²) in [5.74, 6) is -0.314. The molecular weight excluding hydrogens is 345 g/mol. The second-order valence-electron chi connectivity index (χ2n) is 6.75. The molecule has 3 amide bonds. The van der Waals surface area contributed by atoms with Crippen LogP contribution in [0.3, 0.4) is 0 Å². The molecule has 1 fully saturated rings. The lowest BCUT2D eigenvalue weighted by atomic mass is 10.1. The van der Waals surface area contributed by atoms with Crippen molar-refractivity contribution in [3.63, 3.8) is 0 Å². The molecule has 142 valence electrons. The molecule has 2 aromatic rings. The zero-order valence-corrected chi connectivity index (χ0v) is 15.4. The molecule has 1 aliphatic heterocycles. The van der Waals surface area contributed by atoms with Crippen molar-refractivity contribution in [2.45, 2.75) is 26.2 Å². The molecule has 2 N–H and O–H groups in total. The van der Waals surface area contributed by atoms with Gasteiger partial charge in [0.2, 0.25) is 0 Å². The van der Waals surface area contributed by atoms with E-state index >= 15 is 0 Å². The van der Waals surface area contributed by atoms with Crippen molar-refractivity contribution in [2.75, 3.05) is 25.0 Å². The van der Waals surface area contributed by atoms with Crippen LogP contribution in [0.2, 0.25) is 0 Å². The number of carbonyl (C=O) groups excluding carboxylic acids is 2. The molecule has 3 rings (SSSR count). The normalized spacial score (nSPS) is 13.5. The molecule has 0 radical (unpaired) electrons. The zero-order valence-electron chi connectivity index (χ0n) is 15.4. The summed E-state index contributed by atoms with van der Waals surface area (Å²) in [6.45, 7) is 3.81. The van der Waals surface area contributed by atoms with Crippen LogP contribution in [0, 0.1) is 12.7 Å². The summed E-state index contributed by atoms with van der Waals surface area (Å²) in [5.41, 5.74) is 2.85. The third kappa shape index (κ3) is 4.84. The van der Waals surface area contributed by atoms with Crippen LogP contribution in [0.5, 0.6) is 0 Å². The van der Waals surface area contributed by atoms with Crippen molar-refractivity contribution in [3.8, 4) is 0 Å². The highest BCUT2D eigenvalue weighted by molar-refractivity contribution is 6.04. The number of amides is 3. The standard InChI is InChI=1S/C21H24FN3O2/c1-15-5-4-6-18(19(15)20(26)25-13-2-3-14-25)24-21(27)23-12-11-16-7-9-17(22)10-8-16/h4-10H,2-3,11-14H2,1H3,(H2,23,24,27). The second kappa shape index (κ2) is 8.66. The number of hydrogen-bond donors (Lipinski definition) is 2. The number of aryl methyl sites for hydroxylation is 1. The van der Waals surface area contributed by atoms with Gasteiger partial charge in [-0.3, -0.25) is 4.79 Å². The third-order valence-corrected chi connectivity index (χ3v) is 4.74. The molecule has 0 unspecified atom stereocenters. The number of likely N-dealkylation sites (tertiary alicyclic amines) is 1. The van der Waals surface area contributed by atoms with Crippen LogP contribution in [0.15, 0.2) is 42.5 Å². The summed E-state index contributed by atoms with van der Waals surface area (Å²) >= 11 is 0. The van der Waals surface area contributed by atoms with Crippen LogP contribution >= 0.6 is 0 Å². The number of carbonyl (C=O) groups is 2. The summed E-state index contributed by atoms with van der Waals surface area (Å²) in [6.07, 6.45) is 2.63. The van der Waals surface area contributed by atoms with E-state index < -0.39 is 0 Å². The van der Waals surface area contributed by atoms with Gasteiger partial charge in [0.25, 0.3) is 5.91 Å². The molecule has 1 aliphatic rings. The Hall–Kier alpha value is -2.89. The van der Waals surface area contributed by atoms with Gasteiger partial charge in [-0.05, 0) is 55.5 Å². The maximum atomic E-state index is 12.9. The molecule has 0 aromatic heterocycles. The van der Waals surface area contributed by atoms with Crippen LogP contribution in [0.4, 0.5) is 14.9 Å². The number of halogens is 1. The number of nitrogens with zero attached hydrogens (tertiary/aromatic N) is 1. The molecule has 1 heterocycles. The van der Waals surface area contributed by atoms with Crippen molar-refractivity contribution in [3.05, 3.63) is 65.0 Å². The van der Waals surface area contributed by atoms with Crippen LogP contribution in [0.1, 0.15) is 34.3 Å². The van der Waals surface area contributed by atoms with Gasteiger partial charge in [-0.25, -0.2) is 9.18 Å². The van der Waals surface area contributed by atoms with E-state index in [-0.39, 0.29) is 17.8 Å². The summed E-state index contributed by atoms with van der Waals surface area (Å²) in [6, 6.07) is 11.3. The lowest BCUT2D eigenvalue weighted by Gasteiger charge is -2.20. The fourth-order valence-electron chi connectivity index (χ4n) is 3.27. The quantitative estimate of drug-likeness (QED) is 0.844. The lowest BCUT2D eigenvalue weighted by Crippen LogP contribution is -2.33. The molecule has 0 saturated carbocycles. The molecule has 5 nitrogen and oxygen atoms in total. The number of hydrogen-bond acceptors (Lipinski definition) is 2. The minimum atomic E-state index is -0.363. The van der Waals surface area contributed by atoms with Gasteiger partial charge in [-0.2, -0.15) is 0 Å². The summed E-state index contributed by atoms with van der Waals surface area (Å²) in [7, 11) is 0. The Bertz CT molecular complexity index is 815. The zero-order chi connectivity index (χ0) is 19.2. The van der Waals surface area contributed by atoms with Crippen LogP contribution in [-0.2, 0) is 6.42 Å². The number of nitrogens with one attached hydrogen (secondary N) is 2. The first-order valence-corrected chi connectivity index (χ1v) is 9.23. The highest BCUT2D eigenvalue weighted by Crippen LogP contribution is 2.23. The maximum absolute atomic E-state index is 12.9. The first kappa shape index (κ1) is 18.9. The number of anilines is 1. The Balaban J connectivity index is 1.61. The summed E-state index contributed by atoms with van der Waals surface area (Å²) < 4.78 is 12.9. The smallest absolute Gasteiger partial charge is 0.319 e. The van der Waals surface area contributed by atoms with Gasteiger partial charge in [0.05, 0.1) is 11.3 Å². The SMILES string of the molecule is Cc1cccc(NC(=O)NCCc2ccc(F)cc2)c1C(=O)N1CCCC1. The maximum Gasteiger partial charge on any atom is 0.319 e. The largest absolute Gasteiger partial charge is 0.339 e.